The van der Waals surface area contributed by atoms with E-state index in [4.69, 9.17) is 5.73 Å². The highest BCUT2D eigenvalue weighted by atomic mass is 35.5. The maximum atomic E-state index is 13.0. The number of hydrogen-bond acceptors (Lipinski definition) is 4. The lowest BCUT2D eigenvalue weighted by Gasteiger charge is -2.30. The second-order valence-corrected chi connectivity index (χ2v) is 7.05. The minimum Gasteiger partial charge on any atom is -0.330 e. The van der Waals surface area contributed by atoms with E-state index in [0.717, 1.165) is 30.8 Å². The Labute approximate surface area is 153 Å². The number of hydrogen-bond donors (Lipinski definition) is 1. The molecule has 2 aromatic rings. The zero-order valence-corrected chi connectivity index (χ0v) is 15.5. The highest BCUT2D eigenvalue weighted by Gasteiger charge is 2.28. The van der Waals surface area contributed by atoms with Crippen molar-refractivity contribution < 1.29 is 4.79 Å². The number of thiazole rings is 1. The first-order valence-electron chi connectivity index (χ1n) is 8.21. The number of nitrogens with zero attached hydrogens (tertiary/aromatic N) is 2. The number of aryl methyl sites for hydroxylation is 1. The monoisotopic (exact) mass is 365 g/mol. The molecule has 1 amide bonds. The quantitative estimate of drug-likeness (QED) is 0.891. The Kier molecular flexibility index (Phi) is 6.78. The molecular formula is C18H24ClN3OS. The lowest BCUT2D eigenvalue weighted by Crippen LogP contribution is -2.35. The number of nitrogens with two attached hydrogens (primary N) is 1. The van der Waals surface area contributed by atoms with Gasteiger partial charge in [0.1, 0.15) is 10.7 Å². The molecule has 6 heteroatoms. The van der Waals surface area contributed by atoms with Crippen LogP contribution in [0.1, 0.15) is 58.3 Å². The summed E-state index contributed by atoms with van der Waals surface area (Å²) in [6, 6.07) is 8.65. The summed E-state index contributed by atoms with van der Waals surface area (Å²) in [5, 5.41) is 2.65. The van der Waals surface area contributed by atoms with Gasteiger partial charge < -0.3 is 10.6 Å². The van der Waals surface area contributed by atoms with Gasteiger partial charge >= 0.3 is 0 Å². The number of benzene rings is 1. The van der Waals surface area contributed by atoms with Crippen LogP contribution in [0.25, 0.3) is 0 Å². The van der Waals surface area contributed by atoms with E-state index in [0.29, 0.717) is 12.2 Å². The zero-order chi connectivity index (χ0) is 16.2. The molecule has 1 unspecified atom stereocenters. The molecule has 1 aliphatic rings. The molecule has 1 saturated heterocycles. The van der Waals surface area contributed by atoms with E-state index in [1.807, 2.05) is 10.3 Å². The van der Waals surface area contributed by atoms with Crippen LogP contribution in [0.15, 0.2) is 29.6 Å². The van der Waals surface area contributed by atoms with Gasteiger partial charge in [-0.15, -0.1) is 23.7 Å². The normalized spacial score (nSPS) is 17.9. The van der Waals surface area contributed by atoms with Crippen LogP contribution in [-0.2, 0) is 6.54 Å². The van der Waals surface area contributed by atoms with Crippen molar-refractivity contribution >= 4 is 29.7 Å². The Morgan fingerprint density at radius 1 is 1.38 bits per heavy atom. The van der Waals surface area contributed by atoms with Crippen LogP contribution in [0.3, 0.4) is 0 Å². The van der Waals surface area contributed by atoms with E-state index < -0.39 is 0 Å². The molecular weight excluding hydrogens is 342 g/mol. The Morgan fingerprint density at radius 3 is 2.92 bits per heavy atom. The highest BCUT2D eigenvalue weighted by molar-refractivity contribution is 7.09. The third kappa shape index (κ3) is 4.15. The third-order valence-corrected chi connectivity index (χ3v) is 5.26. The first kappa shape index (κ1) is 18.9. The summed E-state index contributed by atoms with van der Waals surface area (Å²) in [7, 11) is 0. The molecule has 0 aliphatic carbocycles. The van der Waals surface area contributed by atoms with Gasteiger partial charge in [-0.3, -0.25) is 4.79 Å². The van der Waals surface area contributed by atoms with Crippen LogP contribution in [-0.4, -0.2) is 22.3 Å². The number of amides is 1. The molecule has 1 fully saturated rings. The van der Waals surface area contributed by atoms with Crippen LogP contribution in [0.2, 0.25) is 0 Å². The average Bonchev–Trinajstić information content (AvgIpc) is 2.91. The molecule has 2 N–H and O–H groups in total. The molecule has 0 radical (unpaired) electrons. The number of carbonyl (C=O) groups excluding carboxylic acids is 1. The van der Waals surface area contributed by atoms with Crippen molar-refractivity contribution in [1.82, 2.24) is 9.88 Å². The van der Waals surface area contributed by atoms with Crippen molar-refractivity contribution in [3.8, 4) is 0 Å². The zero-order valence-electron chi connectivity index (χ0n) is 13.9. The van der Waals surface area contributed by atoms with Crippen LogP contribution >= 0.6 is 23.7 Å². The molecule has 0 spiro atoms. The standard InChI is InChI=1S/C18H23N3OS.ClH/c1-13-6-5-7-14(10-13)16-8-3-2-4-9-21(16)18(22)15-12-23-17(11-19)20-15;/h5-7,10,12,16H,2-4,8-9,11,19H2,1H3;1H. The number of rotatable bonds is 3. The van der Waals surface area contributed by atoms with Gasteiger partial charge in [0, 0.05) is 18.5 Å². The van der Waals surface area contributed by atoms with E-state index in [2.05, 4.69) is 36.2 Å². The average molecular weight is 366 g/mol. The van der Waals surface area contributed by atoms with Gasteiger partial charge in [0.25, 0.3) is 5.91 Å². The molecule has 1 aromatic carbocycles. The topological polar surface area (TPSA) is 59.2 Å². The Balaban J connectivity index is 0.00000208. The number of carbonyl (C=O) groups is 1. The van der Waals surface area contributed by atoms with Crippen LogP contribution in [0, 0.1) is 6.92 Å². The molecule has 24 heavy (non-hydrogen) atoms. The lowest BCUT2D eigenvalue weighted by atomic mass is 9.99. The first-order chi connectivity index (χ1) is 11.2. The molecule has 1 aliphatic heterocycles. The fraction of sp³-hybridized carbons (Fsp3) is 0.444. The molecule has 3 rings (SSSR count). The van der Waals surface area contributed by atoms with Crippen molar-refractivity contribution in [3.63, 3.8) is 0 Å². The van der Waals surface area contributed by atoms with Gasteiger partial charge in [-0.1, -0.05) is 42.7 Å². The van der Waals surface area contributed by atoms with Crippen molar-refractivity contribution in [2.45, 2.75) is 45.2 Å². The summed E-state index contributed by atoms with van der Waals surface area (Å²) in [5.74, 6) is 0.0364. The summed E-state index contributed by atoms with van der Waals surface area (Å²) >= 11 is 1.46. The molecule has 4 nitrogen and oxygen atoms in total. The maximum absolute atomic E-state index is 13.0. The van der Waals surface area contributed by atoms with Crippen LogP contribution in [0.4, 0.5) is 0 Å². The summed E-state index contributed by atoms with van der Waals surface area (Å²) < 4.78 is 0. The van der Waals surface area contributed by atoms with Gasteiger partial charge in [0.2, 0.25) is 0 Å². The molecule has 0 bridgehead atoms. The molecule has 130 valence electrons. The van der Waals surface area contributed by atoms with Crippen molar-refractivity contribution in [1.29, 1.82) is 0 Å². The van der Waals surface area contributed by atoms with Crippen molar-refractivity contribution in [2.75, 3.05) is 6.54 Å². The summed E-state index contributed by atoms with van der Waals surface area (Å²) in [4.78, 5) is 19.4. The second-order valence-electron chi connectivity index (χ2n) is 6.11. The van der Waals surface area contributed by atoms with Gasteiger partial charge in [0.15, 0.2) is 0 Å². The molecule has 1 aromatic heterocycles. The van der Waals surface area contributed by atoms with Gasteiger partial charge in [0.05, 0.1) is 6.04 Å². The molecule has 2 heterocycles. The van der Waals surface area contributed by atoms with E-state index in [-0.39, 0.29) is 24.4 Å². The first-order valence-corrected chi connectivity index (χ1v) is 9.09. The minimum atomic E-state index is 0. The predicted octanol–water partition coefficient (Wildman–Crippen LogP) is 4.09. The smallest absolute Gasteiger partial charge is 0.273 e. The summed E-state index contributed by atoms with van der Waals surface area (Å²) in [6.07, 6.45) is 4.41. The molecule has 1 atom stereocenters. The van der Waals surface area contributed by atoms with E-state index in [1.165, 1.54) is 28.9 Å². The SMILES string of the molecule is Cc1cccc(C2CCCCCN2C(=O)c2csc(CN)n2)c1.Cl. The van der Waals surface area contributed by atoms with Gasteiger partial charge in [-0.05, 0) is 25.3 Å². The van der Waals surface area contributed by atoms with Crippen molar-refractivity contribution in [2.24, 2.45) is 5.73 Å². The second kappa shape index (κ2) is 8.60. The highest BCUT2D eigenvalue weighted by Crippen LogP contribution is 2.32. The van der Waals surface area contributed by atoms with Gasteiger partial charge in [-0.25, -0.2) is 4.98 Å². The fourth-order valence-corrected chi connectivity index (χ4v) is 3.87. The van der Waals surface area contributed by atoms with Crippen molar-refractivity contribution in [3.05, 3.63) is 51.5 Å². The summed E-state index contributed by atoms with van der Waals surface area (Å²) in [6.45, 7) is 3.28. The third-order valence-electron chi connectivity index (χ3n) is 4.39. The maximum Gasteiger partial charge on any atom is 0.273 e. The number of aromatic nitrogens is 1. The Bertz CT molecular complexity index is 688. The minimum absolute atomic E-state index is 0. The predicted molar refractivity (Wildman–Crippen MR) is 101 cm³/mol. The number of halogens is 1. The lowest BCUT2D eigenvalue weighted by molar-refractivity contribution is 0.0675. The summed E-state index contributed by atoms with van der Waals surface area (Å²) in [5.41, 5.74) is 8.63. The van der Waals surface area contributed by atoms with E-state index >= 15 is 0 Å². The van der Waals surface area contributed by atoms with Crippen LogP contribution in [0.5, 0.6) is 0 Å². The van der Waals surface area contributed by atoms with Gasteiger partial charge in [-0.2, -0.15) is 0 Å². The Hall–Kier alpha value is -1.43. The van der Waals surface area contributed by atoms with Crippen LogP contribution < -0.4 is 5.73 Å². The van der Waals surface area contributed by atoms with E-state index in [9.17, 15) is 4.79 Å². The Morgan fingerprint density at radius 2 is 2.21 bits per heavy atom. The number of likely N-dealkylation sites (tertiary alicyclic amines) is 1. The molecule has 0 saturated carbocycles. The van der Waals surface area contributed by atoms with E-state index in [1.54, 1.807) is 0 Å². The fourth-order valence-electron chi connectivity index (χ4n) is 3.23. The largest absolute Gasteiger partial charge is 0.330 e.